The summed E-state index contributed by atoms with van der Waals surface area (Å²) in [5.41, 5.74) is 4.94. The van der Waals surface area contributed by atoms with E-state index in [2.05, 4.69) is 52.8 Å². The Kier molecular flexibility index (Phi) is 2.41. The minimum absolute atomic E-state index is 0.452. The smallest absolute Gasteiger partial charge is 0.0701 e. The summed E-state index contributed by atoms with van der Waals surface area (Å²) in [4.78, 5) is 0. The average molecular weight is 212 g/mol. The van der Waals surface area contributed by atoms with E-state index in [-0.39, 0.29) is 0 Å². The molecular formula is C14H16N2. The van der Waals surface area contributed by atoms with Crippen molar-refractivity contribution in [2.45, 2.75) is 18.9 Å². The van der Waals surface area contributed by atoms with Crippen molar-refractivity contribution in [3.8, 4) is 0 Å². The van der Waals surface area contributed by atoms with Gasteiger partial charge in [0.1, 0.15) is 0 Å². The minimum atomic E-state index is 0.452. The molecular weight excluding hydrogens is 196 g/mol. The third-order valence-corrected chi connectivity index (χ3v) is 3.14. The van der Waals surface area contributed by atoms with Crippen molar-refractivity contribution in [3.05, 3.63) is 60.4 Å². The van der Waals surface area contributed by atoms with Crippen LogP contribution < -0.4 is 5.43 Å². The summed E-state index contributed by atoms with van der Waals surface area (Å²) in [6, 6.07) is 15.3. The fourth-order valence-electron chi connectivity index (χ4n) is 2.12. The average Bonchev–Trinajstić information content (AvgIpc) is 3.05. The summed E-state index contributed by atoms with van der Waals surface area (Å²) >= 11 is 0. The Hall–Kier alpha value is -1.70. The molecule has 0 saturated heterocycles. The molecule has 1 unspecified atom stereocenters. The van der Waals surface area contributed by atoms with E-state index in [4.69, 9.17) is 0 Å². The molecule has 1 atom stereocenters. The van der Waals surface area contributed by atoms with Crippen molar-refractivity contribution < 1.29 is 0 Å². The van der Waals surface area contributed by atoms with Gasteiger partial charge in [0.2, 0.25) is 0 Å². The summed E-state index contributed by atoms with van der Waals surface area (Å²) in [5.74, 6) is 0.796. The maximum absolute atomic E-state index is 3.55. The molecule has 1 aliphatic rings. The molecule has 0 amide bonds. The largest absolute Gasteiger partial charge is 0.319 e. The first-order valence-corrected chi connectivity index (χ1v) is 5.88. The van der Waals surface area contributed by atoms with Crippen LogP contribution >= 0.6 is 0 Å². The molecule has 0 aliphatic heterocycles. The van der Waals surface area contributed by atoms with Gasteiger partial charge in [0.05, 0.1) is 6.04 Å². The zero-order valence-electron chi connectivity index (χ0n) is 9.21. The summed E-state index contributed by atoms with van der Waals surface area (Å²) in [5, 5.41) is 0. The Labute approximate surface area is 95.9 Å². The van der Waals surface area contributed by atoms with E-state index in [0.717, 1.165) is 5.92 Å². The number of hydrogen-bond donors (Lipinski definition) is 1. The standard InChI is InChI=1S/C14H16N2/c1-2-6-12(7-3-1)14(13-8-9-13)15-16-10-4-5-11-16/h1-7,10-11,13-15H,8-9H2. The van der Waals surface area contributed by atoms with Crippen molar-refractivity contribution in [2.75, 3.05) is 5.43 Å². The lowest BCUT2D eigenvalue weighted by atomic mass is 10.0. The predicted molar refractivity (Wildman–Crippen MR) is 65.7 cm³/mol. The molecule has 2 heteroatoms. The van der Waals surface area contributed by atoms with Crippen LogP contribution in [0.2, 0.25) is 0 Å². The van der Waals surface area contributed by atoms with E-state index in [0.29, 0.717) is 6.04 Å². The van der Waals surface area contributed by atoms with E-state index in [1.165, 1.54) is 18.4 Å². The van der Waals surface area contributed by atoms with Crippen LogP contribution in [0.1, 0.15) is 24.4 Å². The second kappa shape index (κ2) is 4.05. The number of nitrogens with one attached hydrogen (secondary N) is 1. The third kappa shape index (κ3) is 1.96. The molecule has 0 spiro atoms. The SMILES string of the molecule is c1ccc(C(Nn2cccc2)C2CC2)cc1. The molecule has 1 aromatic heterocycles. The Balaban J connectivity index is 1.82. The van der Waals surface area contributed by atoms with Crippen LogP contribution in [-0.2, 0) is 0 Å². The molecule has 0 bridgehead atoms. The highest BCUT2D eigenvalue weighted by molar-refractivity contribution is 5.23. The van der Waals surface area contributed by atoms with Gasteiger partial charge < -0.3 is 5.43 Å². The molecule has 1 aromatic carbocycles. The van der Waals surface area contributed by atoms with Gasteiger partial charge in [-0.2, -0.15) is 0 Å². The lowest BCUT2D eigenvalue weighted by Crippen LogP contribution is -2.21. The van der Waals surface area contributed by atoms with Gasteiger partial charge in [-0.1, -0.05) is 30.3 Å². The first-order chi connectivity index (χ1) is 7.93. The summed E-state index contributed by atoms with van der Waals surface area (Å²) in [6.07, 6.45) is 6.79. The van der Waals surface area contributed by atoms with Gasteiger partial charge in [-0.05, 0) is 36.5 Å². The van der Waals surface area contributed by atoms with Crippen LogP contribution in [0.15, 0.2) is 54.9 Å². The Morgan fingerprint density at radius 3 is 2.31 bits per heavy atom. The lowest BCUT2D eigenvalue weighted by molar-refractivity contribution is 0.604. The molecule has 2 nitrogen and oxygen atoms in total. The van der Waals surface area contributed by atoms with Gasteiger partial charge in [-0.3, -0.25) is 4.68 Å². The van der Waals surface area contributed by atoms with Crippen molar-refractivity contribution in [1.29, 1.82) is 0 Å². The quantitative estimate of drug-likeness (QED) is 0.823. The van der Waals surface area contributed by atoms with Crippen molar-refractivity contribution in [2.24, 2.45) is 5.92 Å². The van der Waals surface area contributed by atoms with E-state index in [9.17, 15) is 0 Å². The van der Waals surface area contributed by atoms with E-state index in [1.807, 2.05) is 12.1 Å². The molecule has 1 heterocycles. The molecule has 0 radical (unpaired) electrons. The van der Waals surface area contributed by atoms with Gasteiger partial charge >= 0.3 is 0 Å². The summed E-state index contributed by atoms with van der Waals surface area (Å²) in [6.45, 7) is 0. The lowest BCUT2D eigenvalue weighted by Gasteiger charge is -2.20. The van der Waals surface area contributed by atoms with Crippen LogP contribution in [-0.4, -0.2) is 4.68 Å². The van der Waals surface area contributed by atoms with Crippen LogP contribution in [0.25, 0.3) is 0 Å². The van der Waals surface area contributed by atoms with Gasteiger partial charge in [0, 0.05) is 12.4 Å². The van der Waals surface area contributed by atoms with E-state index < -0.39 is 0 Å². The van der Waals surface area contributed by atoms with Crippen molar-refractivity contribution in [3.63, 3.8) is 0 Å². The normalized spacial score (nSPS) is 17.0. The maximum Gasteiger partial charge on any atom is 0.0701 e. The van der Waals surface area contributed by atoms with Gasteiger partial charge in [0.15, 0.2) is 0 Å². The molecule has 1 saturated carbocycles. The molecule has 82 valence electrons. The van der Waals surface area contributed by atoms with Crippen LogP contribution in [0.5, 0.6) is 0 Å². The highest BCUT2D eigenvalue weighted by Gasteiger charge is 2.32. The van der Waals surface area contributed by atoms with Crippen LogP contribution in [0.3, 0.4) is 0 Å². The van der Waals surface area contributed by atoms with Gasteiger partial charge in [-0.25, -0.2) is 0 Å². The zero-order chi connectivity index (χ0) is 10.8. The third-order valence-electron chi connectivity index (χ3n) is 3.14. The number of aromatic nitrogens is 1. The van der Waals surface area contributed by atoms with Gasteiger partial charge in [0.25, 0.3) is 0 Å². The van der Waals surface area contributed by atoms with Gasteiger partial charge in [-0.15, -0.1) is 0 Å². The maximum atomic E-state index is 3.55. The van der Waals surface area contributed by atoms with E-state index in [1.54, 1.807) is 0 Å². The second-order valence-corrected chi connectivity index (χ2v) is 4.45. The number of rotatable bonds is 4. The molecule has 3 rings (SSSR count). The molecule has 1 fully saturated rings. The minimum Gasteiger partial charge on any atom is -0.319 e. The van der Waals surface area contributed by atoms with Crippen LogP contribution in [0, 0.1) is 5.92 Å². The predicted octanol–water partition coefficient (Wildman–Crippen LogP) is 3.18. The second-order valence-electron chi connectivity index (χ2n) is 4.45. The van der Waals surface area contributed by atoms with Crippen molar-refractivity contribution >= 4 is 0 Å². The zero-order valence-corrected chi connectivity index (χ0v) is 9.21. The number of benzene rings is 1. The summed E-state index contributed by atoms with van der Waals surface area (Å²) < 4.78 is 2.05. The fraction of sp³-hybridized carbons (Fsp3) is 0.286. The highest BCUT2D eigenvalue weighted by atomic mass is 15.4. The number of hydrogen-bond acceptors (Lipinski definition) is 1. The van der Waals surface area contributed by atoms with Crippen LogP contribution in [0.4, 0.5) is 0 Å². The van der Waals surface area contributed by atoms with Crippen molar-refractivity contribution in [1.82, 2.24) is 4.68 Å². The number of nitrogens with zero attached hydrogens (tertiary/aromatic N) is 1. The van der Waals surface area contributed by atoms with E-state index >= 15 is 0 Å². The monoisotopic (exact) mass is 212 g/mol. The molecule has 2 aromatic rings. The highest BCUT2D eigenvalue weighted by Crippen LogP contribution is 2.41. The topological polar surface area (TPSA) is 17.0 Å². The Morgan fingerprint density at radius 2 is 1.69 bits per heavy atom. The first-order valence-electron chi connectivity index (χ1n) is 5.88. The first kappa shape index (κ1) is 9.52. The Bertz CT molecular complexity index is 429. The fourth-order valence-corrected chi connectivity index (χ4v) is 2.12. The Morgan fingerprint density at radius 1 is 1.00 bits per heavy atom. The summed E-state index contributed by atoms with van der Waals surface area (Å²) in [7, 11) is 0. The molecule has 16 heavy (non-hydrogen) atoms. The molecule has 1 aliphatic carbocycles. The molecule has 1 N–H and O–H groups in total.